The van der Waals surface area contributed by atoms with Crippen LogP contribution in [-0.4, -0.2) is 49.3 Å². The molecule has 0 aliphatic rings. The summed E-state index contributed by atoms with van der Waals surface area (Å²) >= 11 is 0. The molecule has 0 aromatic heterocycles. The van der Waals surface area contributed by atoms with Crippen LogP contribution in [0.5, 0.6) is 0 Å². The minimum Gasteiger partial charge on any atom is -0.444 e. The highest BCUT2D eigenvalue weighted by atomic mass is 16.7. The standard InChI is InChI=1S/C15H26N2O8.4CH4/c1-6-10(18)23-12(24-11(19)7-2)8-22-13(20)16-9-17-14(21)25-15(3,4)5;;;;/h12H,6-9H2,1-5H3,(H,16,20)(H,17,21);4*1H4. The van der Waals surface area contributed by atoms with E-state index in [4.69, 9.17) is 18.9 Å². The Morgan fingerprint density at radius 2 is 1.21 bits per heavy atom. The molecule has 0 aliphatic carbocycles. The fourth-order valence-electron chi connectivity index (χ4n) is 1.25. The molecule has 176 valence electrons. The summed E-state index contributed by atoms with van der Waals surface area (Å²) in [4.78, 5) is 45.4. The van der Waals surface area contributed by atoms with Crippen molar-refractivity contribution in [1.82, 2.24) is 10.6 Å². The van der Waals surface area contributed by atoms with Gasteiger partial charge in [-0.15, -0.1) is 0 Å². The zero-order valence-corrected chi connectivity index (χ0v) is 15.2. The summed E-state index contributed by atoms with van der Waals surface area (Å²) in [5.74, 6) is -1.21. The molecule has 0 aliphatic heterocycles. The number of esters is 2. The number of rotatable bonds is 8. The third-order valence-electron chi connectivity index (χ3n) is 2.32. The molecule has 0 spiro atoms. The van der Waals surface area contributed by atoms with Gasteiger partial charge in [-0.25, -0.2) is 9.59 Å². The third kappa shape index (κ3) is 21.6. The summed E-state index contributed by atoms with van der Waals surface area (Å²) in [6, 6.07) is 0. The molecule has 10 heteroatoms. The summed E-state index contributed by atoms with van der Waals surface area (Å²) in [6.45, 7) is 7.52. The van der Waals surface area contributed by atoms with Gasteiger partial charge in [-0.05, 0) is 20.8 Å². The fraction of sp³-hybridized carbons (Fsp3) is 0.789. The number of hydrogen-bond donors (Lipinski definition) is 2. The molecule has 0 radical (unpaired) electrons. The van der Waals surface area contributed by atoms with Gasteiger partial charge in [0.25, 0.3) is 6.29 Å². The maximum absolute atomic E-state index is 11.5. The van der Waals surface area contributed by atoms with E-state index in [0.717, 1.165) is 0 Å². The number of carbonyl (C=O) groups is 4. The minimum absolute atomic E-state index is 0. The van der Waals surface area contributed by atoms with Crippen molar-refractivity contribution in [3.8, 4) is 0 Å². The molecular formula is C19H42N2O8. The van der Waals surface area contributed by atoms with Crippen LogP contribution in [0.3, 0.4) is 0 Å². The third-order valence-corrected chi connectivity index (χ3v) is 2.32. The Morgan fingerprint density at radius 3 is 1.59 bits per heavy atom. The summed E-state index contributed by atoms with van der Waals surface area (Å²) in [7, 11) is 0. The Morgan fingerprint density at radius 1 is 0.793 bits per heavy atom. The van der Waals surface area contributed by atoms with Gasteiger partial charge in [-0.3, -0.25) is 9.59 Å². The topological polar surface area (TPSA) is 129 Å². The lowest BCUT2D eigenvalue weighted by molar-refractivity contribution is -0.193. The lowest BCUT2D eigenvalue weighted by Gasteiger charge is -2.20. The van der Waals surface area contributed by atoms with Crippen LogP contribution in [-0.2, 0) is 28.5 Å². The summed E-state index contributed by atoms with van der Waals surface area (Å²) in [5.41, 5.74) is -0.663. The molecule has 0 saturated carbocycles. The van der Waals surface area contributed by atoms with Crippen LogP contribution in [0.4, 0.5) is 9.59 Å². The van der Waals surface area contributed by atoms with E-state index < -0.39 is 42.6 Å². The quantitative estimate of drug-likeness (QED) is 0.339. The van der Waals surface area contributed by atoms with Crippen LogP contribution in [0.15, 0.2) is 0 Å². The van der Waals surface area contributed by atoms with Crippen molar-refractivity contribution in [1.29, 1.82) is 0 Å². The molecule has 0 aromatic carbocycles. The first-order valence-corrected chi connectivity index (χ1v) is 7.83. The van der Waals surface area contributed by atoms with E-state index in [1.54, 1.807) is 34.6 Å². The highest BCUT2D eigenvalue weighted by Gasteiger charge is 2.20. The average Bonchev–Trinajstić information content (AvgIpc) is 2.50. The van der Waals surface area contributed by atoms with E-state index in [0.29, 0.717) is 0 Å². The second kappa shape index (κ2) is 18.8. The van der Waals surface area contributed by atoms with Gasteiger partial charge in [-0.1, -0.05) is 43.6 Å². The molecule has 29 heavy (non-hydrogen) atoms. The monoisotopic (exact) mass is 426 g/mol. The van der Waals surface area contributed by atoms with E-state index in [9.17, 15) is 19.2 Å². The normalized spacial score (nSPS) is 9.17. The van der Waals surface area contributed by atoms with E-state index in [2.05, 4.69) is 10.6 Å². The van der Waals surface area contributed by atoms with Gasteiger partial charge < -0.3 is 29.6 Å². The largest absolute Gasteiger partial charge is 0.444 e. The van der Waals surface area contributed by atoms with Crippen molar-refractivity contribution in [3.05, 3.63) is 0 Å². The number of alkyl carbamates (subject to hydrolysis) is 2. The number of amides is 2. The molecule has 0 aromatic rings. The van der Waals surface area contributed by atoms with E-state index >= 15 is 0 Å². The van der Waals surface area contributed by atoms with Crippen LogP contribution in [0.1, 0.15) is 77.2 Å². The lowest BCUT2D eigenvalue weighted by Crippen LogP contribution is -2.41. The Hall–Kier alpha value is -2.52. The van der Waals surface area contributed by atoms with Crippen LogP contribution in [0.25, 0.3) is 0 Å². The first-order chi connectivity index (χ1) is 11.6. The van der Waals surface area contributed by atoms with Crippen molar-refractivity contribution in [3.63, 3.8) is 0 Å². The fourth-order valence-corrected chi connectivity index (χ4v) is 1.25. The summed E-state index contributed by atoms with van der Waals surface area (Å²) in [5, 5.41) is 4.53. The van der Waals surface area contributed by atoms with Crippen molar-refractivity contribution < 1.29 is 38.1 Å². The SMILES string of the molecule is C.C.C.C.CCC(=O)OC(COC(=O)NCNC(=O)OC(C)(C)C)OC(=O)CC. The molecule has 0 unspecified atom stereocenters. The number of ether oxygens (including phenoxy) is 4. The minimum atomic E-state index is -1.33. The molecule has 0 rings (SSSR count). The van der Waals surface area contributed by atoms with Crippen LogP contribution >= 0.6 is 0 Å². The van der Waals surface area contributed by atoms with Gasteiger partial charge >= 0.3 is 24.1 Å². The Labute approximate surface area is 176 Å². The number of hydrogen-bond acceptors (Lipinski definition) is 8. The molecule has 0 bridgehead atoms. The van der Waals surface area contributed by atoms with Gasteiger partial charge in [0.05, 0.1) is 6.67 Å². The van der Waals surface area contributed by atoms with E-state index in [-0.39, 0.29) is 49.2 Å². The highest BCUT2D eigenvalue weighted by molar-refractivity contribution is 5.71. The zero-order valence-electron chi connectivity index (χ0n) is 15.2. The maximum Gasteiger partial charge on any atom is 0.409 e. The first kappa shape index (κ1) is 37.3. The predicted octanol–water partition coefficient (Wildman–Crippen LogP) is 3.97. The molecule has 0 heterocycles. The summed E-state index contributed by atoms with van der Waals surface area (Å²) < 4.78 is 19.4. The Kier molecular flexibility index (Phi) is 24.2. The van der Waals surface area contributed by atoms with Crippen LogP contribution < -0.4 is 10.6 Å². The number of carbonyl (C=O) groups excluding carboxylic acids is 4. The Bertz CT molecular complexity index is 457. The molecule has 0 fully saturated rings. The second-order valence-electron chi connectivity index (χ2n) is 5.75. The van der Waals surface area contributed by atoms with E-state index in [1.165, 1.54) is 0 Å². The van der Waals surface area contributed by atoms with Crippen molar-refractivity contribution in [2.45, 2.75) is 89.1 Å². The predicted molar refractivity (Wildman–Crippen MR) is 112 cm³/mol. The molecule has 2 amide bonds. The molecule has 0 saturated heterocycles. The van der Waals surface area contributed by atoms with Crippen LogP contribution in [0, 0.1) is 0 Å². The van der Waals surface area contributed by atoms with Gasteiger partial charge in [-0.2, -0.15) is 0 Å². The maximum atomic E-state index is 11.5. The van der Waals surface area contributed by atoms with Gasteiger partial charge in [0.1, 0.15) is 5.60 Å². The van der Waals surface area contributed by atoms with E-state index in [1.807, 2.05) is 0 Å². The van der Waals surface area contributed by atoms with Gasteiger partial charge in [0, 0.05) is 12.8 Å². The van der Waals surface area contributed by atoms with Crippen molar-refractivity contribution in [2.24, 2.45) is 0 Å². The smallest absolute Gasteiger partial charge is 0.409 e. The average molecular weight is 427 g/mol. The second-order valence-corrected chi connectivity index (χ2v) is 5.75. The van der Waals surface area contributed by atoms with Gasteiger partial charge in [0.15, 0.2) is 6.61 Å². The van der Waals surface area contributed by atoms with Crippen molar-refractivity contribution in [2.75, 3.05) is 13.3 Å². The molecule has 0 atom stereocenters. The molecular weight excluding hydrogens is 384 g/mol. The lowest BCUT2D eigenvalue weighted by atomic mass is 10.2. The first-order valence-electron chi connectivity index (χ1n) is 7.83. The highest BCUT2D eigenvalue weighted by Crippen LogP contribution is 2.06. The van der Waals surface area contributed by atoms with Gasteiger partial charge in [0.2, 0.25) is 0 Å². The zero-order chi connectivity index (χ0) is 19.5. The van der Waals surface area contributed by atoms with Crippen LogP contribution in [0.2, 0.25) is 0 Å². The molecule has 2 N–H and O–H groups in total. The Balaban J connectivity index is -0.000000480. The number of nitrogens with one attached hydrogen (secondary N) is 2. The van der Waals surface area contributed by atoms with Crippen molar-refractivity contribution >= 4 is 24.1 Å². The molecule has 10 nitrogen and oxygen atoms in total. The summed E-state index contributed by atoms with van der Waals surface area (Å²) in [6.07, 6.45) is -2.79.